The average Bonchev–Trinajstić information content (AvgIpc) is 3.17. The molecule has 0 bridgehead atoms. The Morgan fingerprint density at radius 3 is 2.76 bits per heavy atom. The van der Waals surface area contributed by atoms with Gasteiger partial charge in [-0.3, -0.25) is 9.59 Å². The Balaban J connectivity index is 1.93. The molecule has 21 heavy (non-hydrogen) atoms. The molecule has 0 spiro atoms. The van der Waals surface area contributed by atoms with Gasteiger partial charge in [0.25, 0.3) is 0 Å². The number of rotatable bonds is 7. The SMILES string of the molecule is COC(=O)CCNC(=O)C[C@H](c1ccsc1)n1cccc1. The second-order valence-corrected chi connectivity index (χ2v) is 5.36. The molecule has 0 fully saturated rings. The summed E-state index contributed by atoms with van der Waals surface area (Å²) in [5.74, 6) is -0.404. The van der Waals surface area contributed by atoms with Gasteiger partial charge in [-0.2, -0.15) is 11.3 Å². The van der Waals surface area contributed by atoms with Gasteiger partial charge in [-0.25, -0.2) is 0 Å². The molecular weight excluding hydrogens is 288 g/mol. The number of hydrogen-bond donors (Lipinski definition) is 1. The monoisotopic (exact) mass is 306 g/mol. The Kier molecular flexibility index (Phi) is 5.57. The fraction of sp³-hybridized carbons (Fsp3) is 0.333. The molecule has 1 N–H and O–H groups in total. The van der Waals surface area contributed by atoms with Crippen molar-refractivity contribution < 1.29 is 14.3 Å². The van der Waals surface area contributed by atoms with E-state index >= 15 is 0 Å². The van der Waals surface area contributed by atoms with Crippen molar-refractivity contribution in [2.75, 3.05) is 13.7 Å². The van der Waals surface area contributed by atoms with Crippen molar-refractivity contribution in [3.63, 3.8) is 0 Å². The molecule has 0 aliphatic carbocycles. The van der Waals surface area contributed by atoms with E-state index in [0.29, 0.717) is 13.0 Å². The molecule has 2 heterocycles. The Bertz CT molecular complexity index is 530. The highest BCUT2D eigenvalue weighted by Crippen LogP contribution is 2.24. The molecule has 2 aromatic rings. The van der Waals surface area contributed by atoms with Crippen molar-refractivity contribution in [2.24, 2.45) is 0 Å². The highest BCUT2D eigenvalue weighted by Gasteiger charge is 2.17. The van der Waals surface area contributed by atoms with Gasteiger partial charge in [0.05, 0.1) is 26.0 Å². The number of ether oxygens (including phenoxy) is 1. The third-order valence-corrected chi connectivity index (χ3v) is 3.87. The minimum atomic E-state index is -0.324. The number of esters is 1. The molecule has 0 aliphatic heterocycles. The van der Waals surface area contributed by atoms with E-state index in [-0.39, 0.29) is 24.3 Å². The van der Waals surface area contributed by atoms with Gasteiger partial charge >= 0.3 is 5.97 Å². The van der Waals surface area contributed by atoms with Crippen LogP contribution >= 0.6 is 11.3 Å². The second-order valence-electron chi connectivity index (χ2n) is 4.58. The van der Waals surface area contributed by atoms with E-state index in [2.05, 4.69) is 10.1 Å². The highest BCUT2D eigenvalue weighted by atomic mass is 32.1. The van der Waals surface area contributed by atoms with Crippen LogP contribution in [0.5, 0.6) is 0 Å². The third kappa shape index (κ3) is 4.46. The number of carbonyl (C=O) groups excluding carboxylic acids is 2. The Morgan fingerprint density at radius 2 is 2.14 bits per heavy atom. The van der Waals surface area contributed by atoms with Crippen LogP contribution in [0.25, 0.3) is 0 Å². The van der Waals surface area contributed by atoms with Gasteiger partial charge in [-0.05, 0) is 34.5 Å². The quantitative estimate of drug-likeness (QED) is 0.798. The zero-order valence-electron chi connectivity index (χ0n) is 11.8. The smallest absolute Gasteiger partial charge is 0.307 e. The van der Waals surface area contributed by atoms with Gasteiger partial charge in [0.2, 0.25) is 5.91 Å². The number of nitrogens with zero attached hydrogens (tertiary/aromatic N) is 1. The van der Waals surface area contributed by atoms with Crippen molar-refractivity contribution >= 4 is 23.2 Å². The zero-order valence-corrected chi connectivity index (χ0v) is 12.6. The van der Waals surface area contributed by atoms with Crippen LogP contribution in [0.2, 0.25) is 0 Å². The fourth-order valence-corrected chi connectivity index (χ4v) is 2.78. The van der Waals surface area contributed by atoms with Gasteiger partial charge in [0, 0.05) is 18.9 Å². The lowest BCUT2D eigenvalue weighted by Gasteiger charge is -2.17. The van der Waals surface area contributed by atoms with E-state index < -0.39 is 0 Å². The summed E-state index contributed by atoms with van der Waals surface area (Å²) < 4.78 is 6.55. The number of hydrogen-bond acceptors (Lipinski definition) is 4. The zero-order chi connectivity index (χ0) is 15.1. The average molecular weight is 306 g/mol. The van der Waals surface area contributed by atoms with Gasteiger partial charge < -0.3 is 14.6 Å². The number of amides is 1. The van der Waals surface area contributed by atoms with Gasteiger partial charge in [-0.15, -0.1) is 0 Å². The van der Waals surface area contributed by atoms with Crippen LogP contribution < -0.4 is 5.32 Å². The molecule has 0 saturated heterocycles. The fourth-order valence-electron chi connectivity index (χ4n) is 2.07. The summed E-state index contributed by atoms with van der Waals surface area (Å²) in [4.78, 5) is 23.1. The molecule has 2 rings (SSSR count). The van der Waals surface area contributed by atoms with Crippen LogP contribution in [-0.4, -0.2) is 30.1 Å². The molecule has 1 amide bonds. The second kappa shape index (κ2) is 7.64. The van der Waals surface area contributed by atoms with Crippen LogP contribution in [0.3, 0.4) is 0 Å². The van der Waals surface area contributed by atoms with Crippen LogP contribution in [0.15, 0.2) is 41.4 Å². The predicted molar refractivity (Wildman–Crippen MR) is 81.1 cm³/mol. The summed E-state index contributed by atoms with van der Waals surface area (Å²) in [6.07, 6.45) is 4.43. The van der Waals surface area contributed by atoms with Gasteiger partial charge in [-0.1, -0.05) is 0 Å². The first-order valence-electron chi connectivity index (χ1n) is 6.68. The minimum absolute atomic E-state index is 0.0237. The largest absolute Gasteiger partial charge is 0.469 e. The Labute approximate surface area is 127 Å². The maximum atomic E-state index is 12.0. The lowest BCUT2D eigenvalue weighted by molar-refractivity contribution is -0.140. The lowest BCUT2D eigenvalue weighted by Crippen LogP contribution is -2.28. The van der Waals surface area contributed by atoms with Crippen molar-refractivity contribution in [3.05, 3.63) is 46.9 Å². The molecular formula is C15H18N2O3S. The first-order valence-corrected chi connectivity index (χ1v) is 7.63. The Hall–Kier alpha value is -2.08. The molecule has 0 unspecified atom stereocenters. The first-order chi connectivity index (χ1) is 10.2. The van der Waals surface area contributed by atoms with Gasteiger partial charge in [0.1, 0.15) is 0 Å². The van der Waals surface area contributed by atoms with E-state index in [0.717, 1.165) is 5.56 Å². The van der Waals surface area contributed by atoms with E-state index in [1.54, 1.807) is 11.3 Å². The standard InChI is InChI=1S/C15H18N2O3S/c1-20-15(19)4-6-16-14(18)10-13(12-5-9-21-11-12)17-7-2-3-8-17/h2-3,5,7-9,11,13H,4,6,10H2,1H3,(H,16,18)/t13-/m1/s1. The topological polar surface area (TPSA) is 60.3 Å². The van der Waals surface area contributed by atoms with E-state index in [1.807, 2.05) is 45.9 Å². The minimum Gasteiger partial charge on any atom is -0.469 e. The lowest BCUT2D eigenvalue weighted by atomic mass is 10.1. The van der Waals surface area contributed by atoms with Crippen LogP contribution in [0.1, 0.15) is 24.4 Å². The van der Waals surface area contributed by atoms with Crippen molar-refractivity contribution in [1.29, 1.82) is 0 Å². The molecule has 1 atom stereocenters. The van der Waals surface area contributed by atoms with E-state index in [4.69, 9.17) is 0 Å². The third-order valence-electron chi connectivity index (χ3n) is 3.17. The highest BCUT2D eigenvalue weighted by molar-refractivity contribution is 7.07. The maximum absolute atomic E-state index is 12.0. The summed E-state index contributed by atoms with van der Waals surface area (Å²) in [5.41, 5.74) is 1.11. The van der Waals surface area contributed by atoms with Gasteiger partial charge in [0.15, 0.2) is 0 Å². The summed E-state index contributed by atoms with van der Waals surface area (Å²) in [5, 5.41) is 6.80. The summed E-state index contributed by atoms with van der Waals surface area (Å²) in [6.45, 7) is 0.299. The summed E-state index contributed by atoms with van der Waals surface area (Å²) in [7, 11) is 1.34. The summed E-state index contributed by atoms with van der Waals surface area (Å²) >= 11 is 1.61. The number of methoxy groups -OCH3 is 1. The normalized spacial score (nSPS) is 11.9. The molecule has 6 heteroatoms. The van der Waals surface area contributed by atoms with Crippen molar-refractivity contribution in [3.8, 4) is 0 Å². The van der Waals surface area contributed by atoms with E-state index in [1.165, 1.54) is 7.11 Å². The van der Waals surface area contributed by atoms with Crippen LogP contribution in [-0.2, 0) is 14.3 Å². The van der Waals surface area contributed by atoms with Crippen molar-refractivity contribution in [1.82, 2.24) is 9.88 Å². The molecule has 0 aromatic carbocycles. The van der Waals surface area contributed by atoms with E-state index in [9.17, 15) is 9.59 Å². The molecule has 112 valence electrons. The maximum Gasteiger partial charge on any atom is 0.307 e. The molecule has 0 radical (unpaired) electrons. The molecule has 0 aliphatic rings. The number of nitrogens with one attached hydrogen (secondary N) is 1. The van der Waals surface area contributed by atoms with Crippen molar-refractivity contribution in [2.45, 2.75) is 18.9 Å². The summed E-state index contributed by atoms with van der Waals surface area (Å²) in [6, 6.07) is 5.88. The predicted octanol–water partition coefficient (Wildman–Crippen LogP) is 2.21. The van der Waals surface area contributed by atoms with Crippen LogP contribution in [0, 0.1) is 0 Å². The number of carbonyl (C=O) groups is 2. The molecule has 2 aromatic heterocycles. The molecule has 0 saturated carbocycles. The molecule has 5 nitrogen and oxygen atoms in total. The number of thiophene rings is 1. The first kappa shape index (κ1) is 15.3. The Morgan fingerprint density at radius 1 is 1.38 bits per heavy atom. The van der Waals surface area contributed by atoms with Crippen LogP contribution in [0.4, 0.5) is 0 Å². The number of aromatic nitrogens is 1.